The zero-order chi connectivity index (χ0) is 0. The van der Waals surface area contributed by atoms with Crippen molar-refractivity contribution < 1.29 is 45.5 Å². The molecular weight excluding hydrogens is 409 g/mol. The molecule has 0 unspecified atom stereocenters. The monoisotopic (exact) mass is 416 g/mol. The second-order valence-electron chi connectivity index (χ2n) is 0. The number of hydrogen-bond donors (Lipinski definition) is 0. The first-order chi connectivity index (χ1) is 0. The number of hydrogen-bond acceptors (Lipinski definition) is 0. The first-order valence-corrected chi connectivity index (χ1v) is 0. The van der Waals surface area contributed by atoms with E-state index in [1.807, 2.05) is 0 Å². The maximum atomic E-state index is 0. The maximum Gasteiger partial charge on any atom is 2.00 e. The molecule has 0 aromatic rings. The predicted octanol–water partition coefficient (Wildman–Crippen LogP) is -4.38. The minimum absolute atomic E-state index is 0. The van der Waals surface area contributed by atoms with Crippen molar-refractivity contribution in [3.8, 4) is 0 Å². The van der Waals surface area contributed by atoms with Crippen molar-refractivity contribution >= 4 is 109 Å². The van der Waals surface area contributed by atoms with Gasteiger partial charge in [0.05, 0.1) is 0 Å². The van der Waals surface area contributed by atoms with Crippen LogP contribution in [0, 0.1) is 0 Å². The molecule has 0 N–H and O–H groups in total. The van der Waals surface area contributed by atoms with Crippen LogP contribution in [0.15, 0.2) is 0 Å². The van der Waals surface area contributed by atoms with Crippen LogP contribution in [0.4, 0.5) is 0 Å². The van der Waals surface area contributed by atoms with E-state index in [9.17, 15) is 0 Å². The molecule has 0 atom stereocenters. The van der Waals surface area contributed by atoms with E-state index < -0.39 is 0 Å². The zero-order valence-electron chi connectivity index (χ0n) is 8.83. The van der Waals surface area contributed by atoms with Crippen molar-refractivity contribution in [2.75, 3.05) is 0 Å². The largest absolute Gasteiger partial charge is 2.00 e. The average Bonchev–Trinajstić information content (AvgIpc) is 0. The third kappa shape index (κ3) is 17.7. The van der Waals surface area contributed by atoms with Gasteiger partial charge in [-0.1, -0.05) is 0 Å². The van der Waals surface area contributed by atoms with Crippen LogP contribution in [-0.2, 0) is 19.5 Å². The minimum atomic E-state index is 0. The molecule has 0 aromatic carbocycles. The van der Waals surface area contributed by atoms with Gasteiger partial charge < -0.3 is 7.13 Å². The van der Waals surface area contributed by atoms with Crippen molar-refractivity contribution in [1.29, 1.82) is 0 Å². The molecule has 0 rings (SSSR count). The van der Waals surface area contributed by atoms with E-state index in [2.05, 4.69) is 0 Å². The summed E-state index contributed by atoms with van der Waals surface area (Å²) < 4.78 is 0. The molecule has 0 fully saturated rings. The van der Waals surface area contributed by atoms with Gasteiger partial charge in [0, 0.05) is 19.5 Å². The fourth-order valence-electron chi connectivity index (χ4n) is 0. The quantitative estimate of drug-likeness (QED) is 0.350. The van der Waals surface area contributed by atoms with Crippen LogP contribution in [0.3, 0.4) is 0 Å². The van der Waals surface area contributed by atoms with Gasteiger partial charge in [-0.05, 0) is 0 Å². The summed E-state index contributed by atoms with van der Waals surface area (Å²) in [6.07, 6.45) is 0. The second-order valence-corrected chi connectivity index (χ2v) is 0. The molecule has 0 bridgehead atoms. The average molecular weight is 417 g/mol. The Morgan fingerprint density at radius 3 is 1.20 bits per heavy atom. The molecule has 0 aliphatic carbocycles. The first kappa shape index (κ1) is 32.8. The summed E-state index contributed by atoms with van der Waals surface area (Å²) >= 11 is 0. The van der Waals surface area contributed by atoms with E-state index >= 15 is 0 Å². The van der Waals surface area contributed by atoms with Gasteiger partial charge in [-0.3, -0.25) is 0 Å². The minimum Gasteiger partial charge on any atom is -1.00 e. The molecule has 0 spiro atoms. The van der Waals surface area contributed by atoms with Crippen LogP contribution in [-0.4, -0.2) is 109 Å². The fourth-order valence-corrected chi connectivity index (χ4v) is 0. The molecule has 0 saturated heterocycles. The van der Waals surface area contributed by atoms with Gasteiger partial charge in [-0.25, -0.2) is 0 Å². The Labute approximate surface area is 151 Å². The SMILES string of the molecule is [BiH3].[Ca+2].[H-].[H-].[H-].[H-].[H-].[Li+].[Sr+2].[Zn]. The first-order valence-electron chi connectivity index (χ1n) is 0. The standard InChI is InChI=1S/Bi.Ca.Li.Sr.Zn.8H/q;+2;+1;+2;;;;;5*-1. The summed E-state index contributed by atoms with van der Waals surface area (Å²) in [5.74, 6) is 0. The Balaban J connectivity index is 0. The van der Waals surface area contributed by atoms with E-state index in [1.165, 1.54) is 0 Å². The van der Waals surface area contributed by atoms with Crippen molar-refractivity contribution in [1.82, 2.24) is 0 Å². The predicted molar refractivity (Wildman–Crippen MR) is 27.0 cm³/mol. The van der Waals surface area contributed by atoms with Gasteiger partial charge in [0.2, 0.25) is 0 Å². The van der Waals surface area contributed by atoms with Crippen LogP contribution in [0.2, 0.25) is 0 Å². The Kier molecular flexibility index (Phi) is 152. The molecule has 5 heteroatoms. The molecule has 0 radical (unpaired) electrons. The van der Waals surface area contributed by atoms with Crippen LogP contribution in [0.5, 0.6) is 0 Å². The molecular formula is H8BiCaLiSrZn. The Hall–Kier alpha value is 4.84. The van der Waals surface area contributed by atoms with E-state index in [-0.39, 0.29) is 155 Å². The van der Waals surface area contributed by atoms with Crippen molar-refractivity contribution in [2.24, 2.45) is 0 Å². The second kappa shape index (κ2) is 23.2. The summed E-state index contributed by atoms with van der Waals surface area (Å²) in [4.78, 5) is 0. The Morgan fingerprint density at radius 1 is 1.20 bits per heavy atom. The Morgan fingerprint density at radius 2 is 1.20 bits per heavy atom. The molecule has 0 aromatic heterocycles. The van der Waals surface area contributed by atoms with Gasteiger partial charge in [0.15, 0.2) is 0 Å². The Bertz CT molecular complexity index is 21.6. The van der Waals surface area contributed by atoms with Gasteiger partial charge >= 0.3 is 128 Å². The number of rotatable bonds is 0. The molecule has 0 aliphatic rings. The zero-order valence-corrected chi connectivity index (χ0v) is 18.0. The summed E-state index contributed by atoms with van der Waals surface area (Å²) in [5, 5.41) is 0. The molecule has 0 amide bonds. The fraction of sp³-hybridized carbons (Fsp3) is 0. The van der Waals surface area contributed by atoms with Crippen LogP contribution in [0.1, 0.15) is 7.13 Å². The molecule has 0 nitrogen and oxygen atoms in total. The van der Waals surface area contributed by atoms with Gasteiger partial charge in [0.25, 0.3) is 0 Å². The normalized spacial score (nSPS) is 0. The maximum absolute atomic E-state index is 0. The third-order valence-corrected chi connectivity index (χ3v) is 0. The molecule has 0 aliphatic heterocycles. The molecule has 20 valence electrons. The van der Waals surface area contributed by atoms with Crippen molar-refractivity contribution in [3.63, 3.8) is 0 Å². The van der Waals surface area contributed by atoms with Crippen LogP contribution in [0.25, 0.3) is 0 Å². The molecule has 0 saturated carbocycles. The van der Waals surface area contributed by atoms with Gasteiger partial charge in [-0.15, -0.1) is 0 Å². The third-order valence-electron chi connectivity index (χ3n) is 0. The smallest absolute Gasteiger partial charge is 1.00 e. The molecule has 0 heterocycles. The topological polar surface area (TPSA) is 0 Å². The van der Waals surface area contributed by atoms with Crippen LogP contribution < -0.4 is 18.9 Å². The van der Waals surface area contributed by atoms with E-state index in [1.54, 1.807) is 0 Å². The summed E-state index contributed by atoms with van der Waals surface area (Å²) in [5.41, 5.74) is 0. The van der Waals surface area contributed by atoms with E-state index in [0.29, 0.717) is 0 Å². The van der Waals surface area contributed by atoms with Crippen molar-refractivity contribution in [2.45, 2.75) is 0 Å². The summed E-state index contributed by atoms with van der Waals surface area (Å²) in [7, 11) is 0. The van der Waals surface area contributed by atoms with Gasteiger partial charge in [0.1, 0.15) is 0 Å². The van der Waals surface area contributed by atoms with E-state index in [4.69, 9.17) is 0 Å². The van der Waals surface area contributed by atoms with Crippen LogP contribution >= 0.6 is 0 Å². The summed E-state index contributed by atoms with van der Waals surface area (Å²) in [6.45, 7) is 0. The molecule has 5 heavy (non-hydrogen) atoms. The van der Waals surface area contributed by atoms with Crippen molar-refractivity contribution in [3.05, 3.63) is 0 Å². The van der Waals surface area contributed by atoms with E-state index in [0.717, 1.165) is 0 Å². The summed E-state index contributed by atoms with van der Waals surface area (Å²) in [6, 6.07) is 0. The van der Waals surface area contributed by atoms with Gasteiger partial charge in [-0.2, -0.15) is 0 Å².